The fraction of sp³-hybridized carbons (Fsp3) is 0.0667. The van der Waals surface area contributed by atoms with Gasteiger partial charge in [0.1, 0.15) is 17.3 Å². The van der Waals surface area contributed by atoms with Gasteiger partial charge in [0.25, 0.3) is 0 Å². The van der Waals surface area contributed by atoms with Gasteiger partial charge in [-0.25, -0.2) is 9.18 Å². The second kappa shape index (κ2) is 6.57. The van der Waals surface area contributed by atoms with Crippen LogP contribution in [0.3, 0.4) is 0 Å². The zero-order valence-electron chi connectivity index (χ0n) is 11.6. The fourth-order valence-corrected chi connectivity index (χ4v) is 1.72. The van der Waals surface area contributed by atoms with Crippen molar-refractivity contribution >= 4 is 11.8 Å². The third kappa shape index (κ3) is 3.32. The summed E-state index contributed by atoms with van der Waals surface area (Å²) >= 11 is 0. The molecule has 0 atom stereocenters. The van der Waals surface area contributed by atoms with Gasteiger partial charge in [-0.05, 0) is 36.4 Å². The third-order valence-corrected chi connectivity index (χ3v) is 2.86. The van der Waals surface area contributed by atoms with E-state index in [4.69, 9.17) is 20.4 Å². The lowest BCUT2D eigenvalue weighted by molar-refractivity contribution is 0.0734. The first kappa shape index (κ1) is 15.3. The highest BCUT2D eigenvalue weighted by Crippen LogP contribution is 2.25. The van der Waals surface area contributed by atoms with Crippen LogP contribution in [0.5, 0.6) is 11.5 Å². The maximum atomic E-state index is 12.9. The zero-order valence-corrected chi connectivity index (χ0v) is 11.6. The number of hydrogen-bond acceptors (Lipinski definition) is 5. The summed E-state index contributed by atoms with van der Waals surface area (Å²) in [5.41, 5.74) is 5.92. The van der Waals surface area contributed by atoms with Gasteiger partial charge in [-0.1, -0.05) is 5.16 Å². The molecule has 0 aromatic heterocycles. The minimum Gasteiger partial charge on any atom is -0.497 e. The molecule has 0 spiro atoms. The van der Waals surface area contributed by atoms with Gasteiger partial charge in [0.15, 0.2) is 5.84 Å². The molecule has 0 amide bonds. The summed E-state index contributed by atoms with van der Waals surface area (Å²) in [6, 6.07) is 9.36. The lowest BCUT2D eigenvalue weighted by atomic mass is 10.1. The number of oxime groups is 1. The van der Waals surface area contributed by atoms with Crippen LogP contribution in [0.4, 0.5) is 4.39 Å². The molecule has 0 saturated carbocycles. The number of nitrogens with two attached hydrogens (primary N) is 1. The molecule has 0 bridgehead atoms. The van der Waals surface area contributed by atoms with Crippen LogP contribution in [0.15, 0.2) is 47.6 Å². The standard InChI is InChI=1S/C15H13FN2O4/c1-21-11-6-7-12(14(17)18-20)13(8-11)22-15(19)9-2-4-10(16)5-3-9/h2-8,20H,1H3,(H2,17,18). The smallest absolute Gasteiger partial charge is 0.343 e. The fourth-order valence-electron chi connectivity index (χ4n) is 1.72. The molecule has 0 heterocycles. The number of ether oxygens (including phenoxy) is 2. The third-order valence-electron chi connectivity index (χ3n) is 2.86. The molecule has 0 saturated heterocycles. The maximum absolute atomic E-state index is 12.9. The van der Waals surface area contributed by atoms with E-state index in [1.54, 1.807) is 6.07 Å². The van der Waals surface area contributed by atoms with E-state index in [9.17, 15) is 9.18 Å². The summed E-state index contributed by atoms with van der Waals surface area (Å²) < 4.78 is 23.1. The number of methoxy groups -OCH3 is 1. The maximum Gasteiger partial charge on any atom is 0.343 e. The van der Waals surface area contributed by atoms with Crippen LogP contribution >= 0.6 is 0 Å². The second-order valence-corrected chi connectivity index (χ2v) is 4.24. The van der Waals surface area contributed by atoms with E-state index in [0.717, 1.165) is 12.1 Å². The van der Waals surface area contributed by atoms with Crippen LogP contribution in [-0.4, -0.2) is 24.1 Å². The monoisotopic (exact) mass is 304 g/mol. The molecule has 0 aliphatic heterocycles. The summed E-state index contributed by atoms with van der Waals surface area (Å²) in [4.78, 5) is 12.1. The van der Waals surface area contributed by atoms with Crippen LogP contribution in [0, 0.1) is 5.82 Å². The Kier molecular flexibility index (Phi) is 4.57. The molecule has 114 valence electrons. The molecular formula is C15H13FN2O4. The predicted octanol–water partition coefficient (Wildman–Crippen LogP) is 2.15. The first-order valence-corrected chi connectivity index (χ1v) is 6.19. The van der Waals surface area contributed by atoms with E-state index >= 15 is 0 Å². The molecule has 7 heteroatoms. The zero-order chi connectivity index (χ0) is 16.1. The lowest BCUT2D eigenvalue weighted by Gasteiger charge is -2.11. The van der Waals surface area contributed by atoms with Crippen molar-refractivity contribution in [2.45, 2.75) is 0 Å². The average Bonchev–Trinajstić information content (AvgIpc) is 2.54. The number of halogens is 1. The van der Waals surface area contributed by atoms with Crippen LogP contribution in [-0.2, 0) is 0 Å². The predicted molar refractivity (Wildman–Crippen MR) is 76.9 cm³/mol. The van der Waals surface area contributed by atoms with Gasteiger partial charge in [-0.2, -0.15) is 0 Å². The van der Waals surface area contributed by atoms with Crippen LogP contribution in [0.1, 0.15) is 15.9 Å². The van der Waals surface area contributed by atoms with Crippen LogP contribution in [0.25, 0.3) is 0 Å². The van der Waals surface area contributed by atoms with Crippen molar-refractivity contribution in [1.82, 2.24) is 0 Å². The minimum atomic E-state index is -0.708. The Labute approximate surface area is 125 Å². The quantitative estimate of drug-likeness (QED) is 0.225. The van der Waals surface area contributed by atoms with Gasteiger partial charge in [-0.3, -0.25) is 0 Å². The van der Waals surface area contributed by atoms with E-state index < -0.39 is 11.8 Å². The van der Waals surface area contributed by atoms with E-state index in [1.165, 1.54) is 31.4 Å². The topological polar surface area (TPSA) is 94.1 Å². The van der Waals surface area contributed by atoms with Crippen molar-refractivity contribution in [2.24, 2.45) is 10.9 Å². The molecule has 2 aromatic rings. The van der Waals surface area contributed by atoms with Crippen molar-refractivity contribution in [2.75, 3.05) is 7.11 Å². The number of benzene rings is 2. The first-order chi connectivity index (χ1) is 10.5. The molecule has 0 aliphatic rings. The average molecular weight is 304 g/mol. The van der Waals surface area contributed by atoms with Crippen molar-refractivity contribution in [3.8, 4) is 11.5 Å². The SMILES string of the molecule is COc1ccc(C(N)=NO)c(OC(=O)c2ccc(F)cc2)c1. The summed E-state index contributed by atoms with van der Waals surface area (Å²) in [5.74, 6) is -0.902. The van der Waals surface area contributed by atoms with Gasteiger partial charge in [0, 0.05) is 6.07 Å². The van der Waals surface area contributed by atoms with Gasteiger partial charge >= 0.3 is 5.97 Å². The first-order valence-electron chi connectivity index (χ1n) is 6.19. The number of amidine groups is 1. The largest absolute Gasteiger partial charge is 0.497 e. The highest BCUT2D eigenvalue weighted by atomic mass is 19.1. The van der Waals surface area contributed by atoms with Gasteiger partial charge < -0.3 is 20.4 Å². The molecule has 6 nitrogen and oxygen atoms in total. The summed E-state index contributed by atoms with van der Waals surface area (Å²) in [6.45, 7) is 0. The Morgan fingerprint density at radius 2 is 1.91 bits per heavy atom. The molecule has 0 radical (unpaired) electrons. The number of rotatable bonds is 4. The lowest BCUT2D eigenvalue weighted by Crippen LogP contribution is -2.17. The van der Waals surface area contributed by atoms with Gasteiger partial charge in [0.2, 0.25) is 0 Å². The number of hydrogen-bond donors (Lipinski definition) is 2. The second-order valence-electron chi connectivity index (χ2n) is 4.24. The molecule has 0 aliphatic carbocycles. The van der Waals surface area contributed by atoms with E-state index in [2.05, 4.69) is 5.16 Å². The summed E-state index contributed by atoms with van der Waals surface area (Å²) in [6.07, 6.45) is 0. The van der Waals surface area contributed by atoms with Gasteiger partial charge in [0.05, 0.1) is 18.2 Å². The molecule has 22 heavy (non-hydrogen) atoms. The Morgan fingerprint density at radius 1 is 1.23 bits per heavy atom. The van der Waals surface area contributed by atoms with Crippen molar-refractivity contribution < 1.29 is 23.9 Å². The van der Waals surface area contributed by atoms with E-state index in [-0.39, 0.29) is 22.7 Å². The Balaban J connectivity index is 2.34. The van der Waals surface area contributed by atoms with Crippen LogP contribution < -0.4 is 15.2 Å². The number of esters is 1. The highest BCUT2D eigenvalue weighted by molar-refractivity contribution is 6.01. The van der Waals surface area contributed by atoms with Gasteiger partial charge in [-0.15, -0.1) is 0 Å². The number of nitrogens with zero attached hydrogens (tertiary/aromatic N) is 1. The Morgan fingerprint density at radius 3 is 2.50 bits per heavy atom. The Hall–Kier alpha value is -3.09. The number of carbonyl (C=O) groups is 1. The van der Waals surface area contributed by atoms with E-state index in [0.29, 0.717) is 5.75 Å². The summed E-state index contributed by atoms with van der Waals surface area (Å²) in [7, 11) is 1.45. The molecule has 0 fully saturated rings. The minimum absolute atomic E-state index is 0.0592. The van der Waals surface area contributed by atoms with Crippen molar-refractivity contribution in [3.63, 3.8) is 0 Å². The molecular weight excluding hydrogens is 291 g/mol. The Bertz CT molecular complexity index is 714. The summed E-state index contributed by atoms with van der Waals surface area (Å²) in [5, 5.41) is 11.6. The van der Waals surface area contributed by atoms with E-state index in [1.807, 2.05) is 0 Å². The molecule has 2 rings (SSSR count). The highest BCUT2D eigenvalue weighted by Gasteiger charge is 2.15. The molecule has 0 unspecified atom stereocenters. The normalized spacial score (nSPS) is 11.1. The number of carbonyl (C=O) groups excluding carboxylic acids is 1. The molecule has 2 aromatic carbocycles. The van der Waals surface area contributed by atoms with Crippen molar-refractivity contribution in [3.05, 3.63) is 59.4 Å². The van der Waals surface area contributed by atoms with Crippen molar-refractivity contribution in [1.29, 1.82) is 0 Å². The van der Waals surface area contributed by atoms with Crippen LogP contribution in [0.2, 0.25) is 0 Å². The molecule has 3 N–H and O–H groups in total.